The molecule has 1 aromatic heterocycles. The van der Waals surface area contributed by atoms with E-state index >= 15 is 0 Å². The molecule has 1 rings (SSSR count). The summed E-state index contributed by atoms with van der Waals surface area (Å²) in [5, 5.41) is 21.3. The van der Waals surface area contributed by atoms with E-state index in [1.54, 1.807) is 0 Å². The summed E-state index contributed by atoms with van der Waals surface area (Å²) >= 11 is 0.478. The molecule has 1 aromatic rings. The minimum absolute atomic E-state index is 0.135. The number of aromatic nitrogens is 1. The number of carboxylic acids is 2. The standard InChI is InChI=1S/C10H16N4O7S.C4H5N/c11-5(10(19)20)1-2-7(15)13-6(4-22-14-21)9(18)12-3-8(16)17;1-2-4-5-3-1/h5-6H,1-4,11H2,(H,12,18)(H,13,15)(H,16,17)(H,19,20);1-5H/t5-,6-;/m0./s1. The molecule has 0 spiro atoms. The zero-order valence-corrected chi connectivity index (χ0v) is 15.0. The number of carbonyl (C=O) groups excluding carboxylic acids is 2. The molecule has 1 heterocycles. The topological polar surface area (TPSA) is 204 Å². The summed E-state index contributed by atoms with van der Waals surface area (Å²) in [4.78, 5) is 57.1. The molecule has 27 heavy (non-hydrogen) atoms. The largest absolute Gasteiger partial charge is 0.480 e. The second kappa shape index (κ2) is 14.3. The molecule has 0 aliphatic rings. The Hall–Kier alpha value is -2.93. The molecule has 0 aliphatic heterocycles. The van der Waals surface area contributed by atoms with Gasteiger partial charge in [-0.2, -0.15) is 0 Å². The van der Waals surface area contributed by atoms with Crippen LogP contribution in [0.25, 0.3) is 0 Å². The van der Waals surface area contributed by atoms with Crippen molar-refractivity contribution in [2.75, 3.05) is 12.3 Å². The lowest BCUT2D eigenvalue weighted by molar-refractivity contribution is -0.139. The van der Waals surface area contributed by atoms with Crippen LogP contribution in [0.5, 0.6) is 0 Å². The highest BCUT2D eigenvalue weighted by molar-refractivity contribution is 7.97. The van der Waals surface area contributed by atoms with Crippen LogP contribution in [-0.4, -0.2) is 63.3 Å². The van der Waals surface area contributed by atoms with Gasteiger partial charge in [-0.05, 0) is 18.6 Å². The van der Waals surface area contributed by atoms with Gasteiger partial charge in [0.1, 0.15) is 18.6 Å². The fourth-order valence-corrected chi connectivity index (χ4v) is 1.97. The van der Waals surface area contributed by atoms with Crippen LogP contribution < -0.4 is 16.4 Å². The van der Waals surface area contributed by atoms with Gasteiger partial charge >= 0.3 is 11.9 Å². The zero-order valence-electron chi connectivity index (χ0n) is 14.2. The van der Waals surface area contributed by atoms with E-state index in [1.165, 1.54) is 0 Å². The van der Waals surface area contributed by atoms with Crippen LogP contribution in [0.15, 0.2) is 29.1 Å². The number of H-pyrrole nitrogens is 1. The number of rotatable bonds is 11. The van der Waals surface area contributed by atoms with E-state index in [-0.39, 0.29) is 18.6 Å². The third-order valence-corrected chi connectivity index (χ3v) is 3.44. The molecule has 12 nitrogen and oxygen atoms in total. The highest BCUT2D eigenvalue weighted by atomic mass is 32.2. The Kier molecular flexibility index (Phi) is 12.7. The van der Waals surface area contributed by atoms with Crippen LogP contribution in [0.1, 0.15) is 12.8 Å². The molecular weight excluding hydrogens is 382 g/mol. The summed E-state index contributed by atoms with van der Waals surface area (Å²) < 4.78 is 2.48. The van der Waals surface area contributed by atoms with Gasteiger partial charge in [0.05, 0.1) is 0 Å². The van der Waals surface area contributed by atoms with Crippen LogP contribution >= 0.6 is 11.9 Å². The monoisotopic (exact) mass is 403 g/mol. The fourth-order valence-electron chi connectivity index (χ4n) is 1.53. The van der Waals surface area contributed by atoms with Crippen LogP contribution in [0.2, 0.25) is 0 Å². The predicted molar refractivity (Wildman–Crippen MR) is 96.5 cm³/mol. The van der Waals surface area contributed by atoms with E-state index in [0.29, 0.717) is 11.9 Å². The summed E-state index contributed by atoms with van der Waals surface area (Å²) in [6.07, 6.45) is 3.37. The maximum atomic E-state index is 11.7. The molecule has 0 radical (unpaired) electrons. The van der Waals surface area contributed by atoms with E-state index in [1.807, 2.05) is 24.5 Å². The second-order valence-electron chi connectivity index (χ2n) is 4.97. The first kappa shape index (κ1) is 24.1. The molecule has 0 saturated carbocycles. The molecule has 2 atom stereocenters. The third kappa shape index (κ3) is 13.0. The quantitative estimate of drug-likeness (QED) is 0.204. The minimum atomic E-state index is -1.27. The molecule has 0 unspecified atom stereocenters. The lowest BCUT2D eigenvalue weighted by atomic mass is 10.1. The van der Waals surface area contributed by atoms with Crippen molar-refractivity contribution in [2.24, 2.45) is 10.3 Å². The summed E-state index contributed by atoms with van der Waals surface area (Å²) in [7, 11) is 0. The van der Waals surface area contributed by atoms with Gasteiger partial charge in [0, 0.05) is 41.1 Å². The summed E-state index contributed by atoms with van der Waals surface area (Å²) in [6.45, 7) is -0.645. The van der Waals surface area contributed by atoms with E-state index in [2.05, 4.69) is 20.2 Å². The fraction of sp³-hybridized carbons (Fsp3) is 0.429. The molecule has 0 aliphatic carbocycles. The number of nitrogens with zero attached hydrogens (tertiary/aromatic N) is 1. The van der Waals surface area contributed by atoms with Crippen LogP contribution in [-0.2, 0) is 19.2 Å². The predicted octanol–water partition coefficient (Wildman–Crippen LogP) is -0.707. The van der Waals surface area contributed by atoms with E-state index in [0.717, 1.165) is 0 Å². The lowest BCUT2D eigenvalue weighted by Crippen LogP contribution is -2.49. The number of hydrogen-bond donors (Lipinski definition) is 6. The number of nitrogens with one attached hydrogen (secondary N) is 3. The van der Waals surface area contributed by atoms with Gasteiger partial charge in [-0.25, -0.2) is 0 Å². The van der Waals surface area contributed by atoms with Crippen molar-refractivity contribution in [2.45, 2.75) is 24.9 Å². The molecule has 13 heteroatoms. The van der Waals surface area contributed by atoms with Crippen molar-refractivity contribution in [3.63, 3.8) is 0 Å². The van der Waals surface area contributed by atoms with Gasteiger partial charge in [0.15, 0.2) is 0 Å². The first-order chi connectivity index (χ1) is 12.8. The van der Waals surface area contributed by atoms with Crippen molar-refractivity contribution in [1.29, 1.82) is 0 Å². The Morgan fingerprint density at radius 2 is 1.81 bits per heavy atom. The number of aliphatic carboxylic acids is 2. The molecule has 0 saturated heterocycles. The second-order valence-corrected chi connectivity index (χ2v) is 5.71. The Balaban J connectivity index is 0.00000115. The van der Waals surface area contributed by atoms with Crippen molar-refractivity contribution in [3.8, 4) is 0 Å². The van der Waals surface area contributed by atoms with Gasteiger partial charge in [-0.15, -0.1) is 4.91 Å². The number of nitroso groups, excluding NO2 is 1. The Morgan fingerprint density at radius 3 is 2.26 bits per heavy atom. The number of aromatic amines is 1. The van der Waals surface area contributed by atoms with E-state index in [4.69, 9.17) is 15.9 Å². The van der Waals surface area contributed by atoms with E-state index < -0.39 is 42.4 Å². The SMILES string of the molecule is N[C@@H](CCC(=O)N[C@@H](CSN=O)C(=O)NCC(=O)O)C(=O)O.c1cc[nH]c1. The summed E-state index contributed by atoms with van der Waals surface area (Å²) in [5.41, 5.74) is 5.23. The average molecular weight is 403 g/mol. The van der Waals surface area contributed by atoms with Crippen molar-refractivity contribution in [1.82, 2.24) is 15.6 Å². The first-order valence-corrected chi connectivity index (χ1v) is 8.51. The Labute approximate surface area is 158 Å². The third-order valence-electron chi connectivity index (χ3n) is 2.86. The highest BCUT2D eigenvalue weighted by Crippen LogP contribution is 2.05. The van der Waals surface area contributed by atoms with Crippen LogP contribution in [0.3, 0.4) is 0 Å². The normalized spacial score (nSPS) is 11.9. The van der Waals surface area contributed by atoms with Crippen molar-refractivity contribution >= 4 is 35.7 Å². The van der Waals surface area contributed by atoms with Crippen LogP contribution in [0.4, 0.5) is 0 Å². The van der Waals surface area contributed by atoms with Gasteiger partial charge in [-0.1, -0.05) is 0 Å². The number of carboxylic acid groups (broad SMARTS) is 2. The molecule has 150 valence electrons. The first-order valence-electron chi connectivity index (χ1n) is 7.57. The average Bonchev–Trinajstić information content (AvgIpc) is 3.20. The molecule has 7 N–H and O–H groups in total. The number of hydrogen-bond acceptors (Lipinski definition) is 8. The maximum absolute atomic E-state index is 11.7. The van der Waals surface area contributed by atoms with Crippen molar-refractivity contribution < 1.29 is 29.4 Å². The highest BCUT2D eigenvalue weighted by Gasteiger charge is 2.22. The Bertz CT molecular complexity index is 594. The summed E-state index contributed by atoms with van der Waals surface area (Å²) in [6, 6.07) is 1.51. The molecule has 0 aromatic carbocycles. The Morgan fingerprint density at radius 1 is 1.19 bits per heavy atom. The van der Waals surface area contributed by atoms with E-state index in [9.17, 15) is 24.1 Å². The summed E-state index contributed by atoms with van der Waals surface area (Å²) in [5.74, 6) is -4.17. The van der Waals surface area contributed by atoms with Gasteiger partial charge in [0.2, 0.25) is 11.8 Å². The van der Waals surface area contributed by atoms with Gasteiger partial charge < -0.3 is 31.6 Å². The van der Waals surface area contributed by atoms with Gasteiger partial charge in [0.25, 0.3) is 0 Å². The minimum Gasteiger partial charge on any atom is -0.480 e. The maximum Gasteiger partial charge on any atom is 0.322 e. The molecular formula is C14H21N5O7S. The zero-order chi connectivity index (χ0) is 20.7. The van der Waals surface area contributed by atoms with Crippen molar-refractivity contribution in [3.05, 3.63) is 29.4 Å². The molecule has 0 bridgehead atoms. The lowest BCUT2D eigenvalue weighted by Gasteiger charge is -2.16. The van der Waals surface area contributed by atoms with Gasteiger partial charge in [-0.3, -0.25) is 19.2 Å². The molecule has 0 fully saturated rings. The molecule has 2 amide bonds. The number of carbonyl (C=O) groups is 4. The van der Waals surface area contributed by atoms with Crippen LogP contribution in [0, 0.1) is 4.91 Å². The smallest absolute Gasteiger partial charge is 0.322 e. The number of nitrogens with two attached hydrogens (primary N) is 1. The number of amides is 2.